The molecule has 16 heteroatoms. The monoisotopic (exact) mass is 904 g/mol. The van der Waals surface area contributed by atoms with Crippen LogP contribution in [0, 0.1) is 17.8 Å². The number of hydrogen-bond donors (Lipinski definition) is 2. The summed E-state index contributed by atoms with van der Waals surface area (Å²) >= 11 is 0. The Morgan fingerprint density at radius 1 is 0.859 bits per heavy atom. The Morgan fingerprint density at radius 2 is 1.48 bits per heavy atom. The second-order valence-electron chi connectivity index (χ2n) is 17.4. The van der Waals surface area contributed by atoms with E-state index in [0.29, 0.717) is 52.2 Å². The zero-order chi connectivity index (χ0) is 47.9. The molecular weight excluding hydrogens is 823 g/mol. The number of carbonyl (C=O) groups excluding carboxylic acids is 5. The molecule has 9 atom stereocenters. The molecule has 16 nitrogen and oxygen atoms in total. The lowest BCUT2D eigenvalue weighted by Crippen LogP contribution is -2.58. The van der Waals surface area contributed by atoms with Crippen LogP contribution in [0.1, 0.15) is 79.7 Å². The number of likely N-dealkylation sites (N-methyl/N-ethyl adjacent to an activating group) is 2. The maximum absolute atomic E-state index is 14.4. The third-order valence-electron chi connectivity index (χ3n) is 12.4. The van der Waals surface area contributed by atoms with Crippen molar-refractivity contribution < 1.29 is 52.4 Å². The van der Waals surface area contributed by atoms with E-state index in [1.54, 1.807) is 30.9 Å². The Labute approximate surface area is 383 Å². The van der Waals surface area contributed by atoms with Crippen molar-refractivity contribution in [1.82, 2.24) is 25.3 Å². The Bertz CT molecular complexity index is 1570. The van der Waals surface area contributed by atoms with Gasteiger partial charge in [0.15, 0.2) is 0 Å². The molecule has 1 aromatic carbocycles. The Morgan fingerprint density at radius 3 is 2.03 bits per heavy atom. The van der Waals surface area contributed by atoms with Crippen molar-refractivity contribution in [3.8, 4) is 0 Å². The number of hydrogen-bond acceptors (Lipinski definition) is 12. The average Bonchev–Trinajstić information content (AvgIpc) is 3.76. The van der Waals surface area contributed by atoms with E-state index >= 15 is 0 Å². The molecule has 1 fully saturated rings. The van der Waals surface area contributed by atoms with Crippen molar-refractivity contribution in [2.75, 3.05) is 81.6 Å². The van der Waals surface area contributed by atoms with Gasteiger partial charge in [-0.3, -0.25) is 24.1 Å². The average molecular weight is 904 g/mol. The van der Waals surface area contributed by atoms with Gasteiger partial charge in [0, 0.05) is 47.4 Å². The Hall–Kier alpha value is -3.93. The van der Waals surface area contributed by atoms with E-state index in [1.165, 1.54) is 20.3 Å². The number of benzene rings is 1. The summed E-state index contributed by atoms with van der Waals surface area (Å²) in [5.41, 5.74) is 0.840. The summed E-state index contributed by atoms with van der Waals surface area (Å²) in [6.07, 6.45) is 2.21. The fraction of sp³-hybridized carbons (Fsp3) is 0.729. The largest absolute Gasteiger partial charge is 0.462 e. The predicted molar refractivity (Wildman–Crippen MR) is 246 cm³/mol. The molecule has 2 rings (SSSR count). The highest BCUT2D eigenvalue weighted by molar-refractivity contribution is 5.91. The predicted octanol–water partition coefficient (Wildman–Crippen LogP) is 3.89. The molecule has 364 valence electrons. The van der Waals surface area contributed by atoms with Gasteiger partial charge < -0.3 is 48.9 Å². The quantitative estimate of drug-likeness (QED) is 0.0627. The minimum atomic E-state index is -0.998. The molecule has 1 aliphatic heterocycles. The van der Waals surface area contributed by atoms with Gasteiger partial charge in [0.1, 0.15) is 18.7 Å². The molecule has 64 heavy (non-hydrogen) atoms. The first-order chi connectivity index (χ1) is 30.5. The van der Waals surface area contributed by atoms with Crippen LogP contribution >= 0.6 is 0 Å². The number of nitrogens with one attached hydrogen (secondary N) is 2. The van der Waals surface area contributed by atoms with Crippen LogP contribution < -0.4 is 10.6 Å². The van der Waals surface area contributed by atoms with Crippen LogP contribution in [0.5, 0.6) is 0 Å². The van der Waals surface area contributed by atoms with Crippen LogP contribution in [0.25, 0.3) is 0 Å². The van der Waals surface area contributed by atoms with Crippen molar-refractivity contribution in [1.29, 1.82) is 0 Å². The van der Waals surface area contributed by atoms with Crippen molar-refractivity contribution >= 4 is 29.6 Å². The van der Waals surface area contributed by atoms with Gasteiger partial charge in [-0.2, -0.15) is 0 Å². The van der Waals surface area contributed by atoms with Gasteiger partial charge in [-0.1, -0.05) is 77.4 Å². The minimum absolute atomic E-state index is 0.00184. The summed E-state index contributed by atoms with van der Waals surface area (Å²) in [6.45, 7) is 19.9. The van der Waals surface area contributed by atoms with E-state index in [-0.39, 0.29) is 61.7 Å². The lowest BCUT2D eigenvalue weighted by Gasteiger charge is -2.40. The number of amides is 4. The highest BCUT2D eigenvalue weighted by Gasteiger charge is 2.43. The second kappa shape index (κ2) is 29.6. The number of likely N-dealkylation sites (tertiary alicyclic amines) is 1. The van der Waals surface area contributed by atoms with Gasteiger partial charge in [-0.15, -0.1) is 6.58 Å². The van der Waals surface area contributed by atoms with Crippen LogP contribution in [-0.4, -0.2) is 174 Å². The molecule has 0 spiro atoms. The van der Waals surface area contributed by atoms with Gasteiger partial charge in [-0.25, -0.2) is 4.79 Å². The smallest absolute Gasteiger partial charge is 0.329 e. The molecule has 4 amide bonds. The summed E-state index contributed by atoms with van der Waals surface area (Å²) in [7, 11) is 8.22. The summed E-state index contributed by atoms with van der Waals surface area (Å²) in [4.78, 5) is 74.9. The van der Waals surface area contributed by atoms with Crippen LogP contribution in [0.4, 0.5) is 0 Å². The molecule has 1 aromatic rings. The highest BCUT2D eigenvalue weighted by Crippen LogP contribution is 2.30. The summed E-state index contributed by atoms with van der Waals surface area (Å²) < 4.78 is 33.4. The summed E-state index contributed by atoms with van der Waals surface area (Å²) in [6, 6.07) is 6.05. The SMILES string of the molecule is C=C[C@H](NC(=O)[C@H](C(C)C)N(C)C(C)C)C(=O)N(C)[C@@H]([C@@H](C)CC)[C@@H](CC(=O)N1CCC[C@H]1[C@H](OC)[C@@H](C)C(=O)N[C@@H](Cc1ccccc1)C(=O)OCCOCCOCCOC)OC. The van der Waals surface area contributed by atoms with Gasteiger partial charge >= 0.3 is 5.97 Å². The molecule has 0 radical (unpaired) electrons. The Kier molecular flexibility index (Phi) is 26.0. The molecule has 0 aromatic heterocycles. The lowest BCUT2D eigenvalue weighted by molar-refractivity contribution is -0.151. The first kappa shape index (κ1) is 56.2. The fourth-order valence-corrected chi connectivity index (χ4v) is 8.38. The zero-order valence-corrected chi connectivity index (χ0v) is 40.8. The lowest BCUT2D eigenvalue weighted by atomic mass is 9.90. The van der Waals surface area contributed by atoms with Crippen LogP contribution in [0.2, 0.25) is 0 Å². The van der Waals surface area contributed by atoms with Gasteiger partial charge in [0.25, 0.3) is 0 Å². The molecule has 0 saturated carbocycles. The van der Waals surface area contributed by atoms with Crippen molar-refractivity contribution in [3.05, 3.63) is 48.6 Å². The maximum atomic E-state index is 14.4. The minimum Gasteiger partial charge on any atom is -0.462 e. The number of rotatable bonds is 31. The number of esters is 1. The van der Waals surface area contributed by atoms with E-state index in [9.17, 15) is 24.0 Å². The molecule has 0 unspecified atom stereocenters. The third-order valence-corrected chi connectivity index (χ3v) is 12.4. The molecule has 0 bridgehead atoms. The third kappa shape index (κ3) is 17.1. The normalized spacial score (nSPS) is 17.9. The van der Waals surface area contributed by atoms with Crippen molar-refractivity contribution in [3.63, 3.8) is 0 Å². The standard InChI is InChI=1S/C48H81N5O11/c1-14-34(7)43(52(10)47(57)37(15-2)49-46(56)42(32(3)4)51(9)33(5)6)40(60-12)31-41(54)53-23-19-22-39(53)44(61-13)35(8)45(55)50-38(30-36-20-17-16-18-21-36)48(58)64-29-28-63-27-26-62-25-24-59-11/h15-18,20-21,32-35,37-40,42-44H,2,14,19,22-31H2,1,3-13H3,(H,49,56)(H,50,55)/t34-,35+,37-,38-,39-,40+,42-,43-,44+/m0/s1. The number of methoxy groups -OCH3 is 3. The molecule has 0 aliphatic carbocycles. The van der Waals surface area contributed by atoms with Gasteiger partial charge in [0.2, 0.25) is 23.6 Å². The number of nitrogens with zero attached hydrogens (tertiary/aromatic N) is 3. The summed E-state index contributed by atoms with van der Waals surface area (Å²) in [5, 5.41) is 5.84. The van der Waals surface area contributed by atoms with E-state index in [0.717, 1.165) is 5.56 Å². The fourth-order valence-electron chi connectivity index (χ4n) is 8.38. The van der Waals surface area contributed by atoms with Crippen LogP contribution in [-0.2, 0) is 58.8 Å². The molecule has 2 N–H and O–H groups in total. The second-order valence-corrected chi connectivity index (χ2v) is 17.4. The number of carbonyl (C=O) groups is 5. The number of ether oxygens (including phenoxy) is 6. The van der Waals surface area contributed by atoms with Crippen LogP contribution in [0.3, 0.4) is 0 Å². The van der Waals surface area contributed by atoms with Gasteiger partial charge in [0.05, 0.1) is 75.7 Å². The highest BCUT2D eigenvalue weighted by atomic mass is 16.6. The Balaban J connectivity index is 2.22. The van der Waals surface area contributed by atoms with E-state index < -0.39 is 60.2 Å². The topological polar surface area (TPSA) is 175 Å². The first-order valence-electron chi connectivity index (χ1n) is 22.9. The molecule has 1 saturated heterocycles. The van der Waals surface area contributed by atoms with E-state index in [2.05, 4.69) is 17.2 Å². The summed E-state index contributed by atoms with van der Waals surface area (Å²) in [5.74, 6) is -2.69. The van der Waals surface area contributed by atoms with Crippen molar-refractivity contribution in [2.24, 2.45) is 17.8 Å². The van der Waals surface area contributed by atoms with Crippen molar-refractivity contribution in [2.45, 2.75) is 129 Å². The molecule has 1 aliphatic rings. The first-order valence-corrected chi connectivity index (χ1v) is 22.9. The van der Waals surface area contributed by atoms with E-state index in [4.69, 9.17) is 28.4 Å². The van der Waals surface area contributed by atoms with Crippen LogP contribution in [0.15, 0.2) is 43.0 Å². The van der Waals surface area contributed by atoms with E-state index in [1.807, 2.05) is 83.8 Å². The molecule has 1 heterocycles. The van der Waals surface area contributed by atoms with Gasteiger partial charge in [-0.05, 0) is 51.1 Å². The molecular formula is C48H81N5O11. The zero-order valence-electron chi connectivity index (χ0n) is 40.8. The maximum Gasteiger partial charge on any atom is 0.329 e.